The van der Waals surface area contributed by atoms with Gasteiger partial charge in [0.1, 0.15) is 11.6 Å². The number of anilines is 5. The zero-order valence-corrected chi connectivity index (χ0v) is 27.5. The minimum atomic E-state index is 0.314. The van der Waals surface area contributed by atoms with E-state index in [1.165, 1.54) is 44.7 Å². The van der Waals surface area contributed by atoms with Crippen molar-refractivity contribution in [3.8, 4) is 5.75 Å². The van der Waals surface area contributed by atoms with Gasteiger partial charge in [0.25, 0.3) is 0 Å². The number of piperidine rings is 1. The maximum absolute atomic E-state index is 5.84. The summed E-state index contributed by atoms with van der Waals surface area (Å²) in [5.41, 5.74) is 6.37. The fourth-order valence-electron chi connectivity index (χ4n) is 6.30. The summed E-state index contributed by atoms with van der Waals surface area (Å²) in [6, 6.07) is 11.3. The lowest BCUT2D eigenvalue weighted by Crippen LogP contribution is -2.52. The number of hydrogen-bond donors (Lipinski definition) is 3. The number of fused-ring (bicyclic) bond motifs is 1. The first-order valence-electron chi connectivity index (χ1n) is 16.3. The van der Waals surface area contributed by atoms with Crippen molar-refractivity contribution in [2.24, 2.45) is 0 Å². The van der Waals surface area contributed by atoms with Crippen molar-refractivity contribution in [3.63, 3.8) is 0 Å². The minimum absolute atomic E-state index is 0.314. The summed E-state index contributed by atoms with van der Waals surface area (Å²) in [7, 11) is 3.92. The summed E-state index contributed by atoms with van der Waals surface area (Å²) in [4.78, 5) is 26.2. The number of methoxy groups -OCH3 is 1. The molecule has 242 valence electrons. The first kappa shape index (κ1) is 31.7. The number of rotatable bonds is 11. The molecule has 0 spiro atoms. The molecule has 4 heterocycles. The number of nitrogens with zero attached hydrogens (tertiary/aromatic N) is 7. The fraction of sp³-hybridized carbons (Fsp3) is 0.429. The number of benzene rings is 2. The SMILES string of the molecule is C=Cc1cnc(Nc2ccc(N3CCC(N4CCN(C)CC4)CC3)cc2OC)nc1Nc1ccc2nccnc2c1CNC(C)C. The van der Waals surface area contributed by atoms with Gasteiger partial charge in [0, 0.05) is 105 Å². The largest absolute Gasteiger partial charge is 0.494 e. The molecular formula is C35H46N10O. The highest BCUT2D eigenvalue weighted by molar-refractivity contribution is 5.85. The molecule has 2 aliphatic rings. The third-order valence-electron chi connectivity index (χ3n) is 9.04. The molecule has 3 N–H and O–H groups in total. The van der Waals surface area contributed by atoms with Gasteiger partial charge in [-0.1, -0.05) is 26.5 Å². The Bertz CT molecular complexity index is 1640. The van der Waals surface area contributed by atoms with Crippen LogP contribution in [0.25, 0.3) is 17.1 Å². The lowest BCUT2D eigenvalue weighted by Gasteiger charge is -2.42. The summed E-state index contributed by atoms with van der Waals surface area (Å²) in [6.07, 6.45) is 9.33. The molecule has 0 saturated carbocycles. The Balaban J connectivity index is 1.18. The van der Waals surface area contributed by atoms with Crippen molar-refractivity contribution in [3.05, 3.63) is 66.6 Å². The first-order chi connectivity index (χ1) is 22.4. The van der Waals surface area contributed by atoms with Crippen LogP contribution in [0.2, 0.25) is 0 Å². The molecule has 2 fully saturated rings. The van der Waals surface area contributed by atoms with Gasteiger partial charge < -0.3 is 30.5 Å². The van der Waals surface area contributed by atoms with Gasteiger partial charge in [-0.05, 0) is 44.2 Å². The highest BCUT2D eigenvalue weighted by Crippen LogP contribution is 2.34. The normalized spacial score (nSPS) is 16.6. The summed E-state index contributed by atoms with van der Waals surface area (Å²) in [6.45, 7) is 15.6. The van der Waals surface area contributed by atoms with E-state index < -0.39 is 0 Å². The van der Waals surface area contributed by atoms with E-state index in [4.69, 9.17) is 9.72 Å². The van der Waals surface area contributed by atoms with Gasteiger partial charge >= 0.3 is 0 Å². The second-order valence-electron chi connectivity index (χ2n) is 12.4. The zero-order valence-electron chi connectivity index (χ0n) is 27.5. The molecule has 0 unspecified atom stereocenters. The van der Waals surface area contributed by atoms with Crippen LogP contribution in [0.1, 0.15) is 37.8 Å². The smallest absolute Gasteiger partial charge is 0.229 e. The monoisotopic (exact) mass is 622 g/mol. The van der Waals surface area contributed by atoms with Crippen LogP contribution in [0.4, 0.5) is 28.8 Å². The highest BCUT2D eigenvalue weighted by Gasteiger charge is 2.27. The fourth-order valence-corrected chi connectivity index (χ4v) is 6.30. The molecule has 2 aromatic carbocycles. The quantitative estimate of drug-likeness (QED) is 0.204. The van der Waals surface area contributed by atoms with Gasteiger partial charge in [-0.2, -0.15) is 4.98 Å². The third-order valence-corrected chi connectivity index (χ3v) is 9.04. The van der Waals surface area contributed by atoms with Crippen molar-refractivity contribution in [1.82, 2.24) is 35.1 Å². The van der Waals surface area contributed by atoms with Crippen molar-refractivity contribution < 1.29 is 4.74 Å². The van der Waals surface area contributed by atoms with Crippen LogP contribution < -0.4 is 25.6 Å². The van der Waals surface area contributed by atoms with E-state index in [2.05, 4.69) is 91.3 Å². The maximum Gasteiger partial charge on any atom is 0.229 e. The van der Waals surface area contributed by atoms with Gasteiger partial charge in [-0.3, -0.25) is 14.9 Å². The molecular weight excluding hydrogens is 576 g/mol. The molecule has 0 atom stereocenters. The lowest BCUT2D eigenvalue weighted by molar-refractivity contribution is 0.0982. The summed E-state index contributed by atoms with van der Waals surface area (Å²) >= 11 is 0. The zero-order chi connectivity index (χ0) is 32.0. The topological polar surface area (TPSA) is 107 Å². The summed E-state index contributed by atoms with van der Waals surface area (Å²) < 4.78 is 5.84. The number of aromatic nitrogens is 4. The molecule has 0 radical (unpaired) electrons. The van der Waals surface area contributed by atoms with E-state index in [1.54, 1.807) is 31.8 Å². The van der Waals surface area contributed by atoms with E-state index >= 15 is 0 Å². The van der Waals surface area contributed by atoms with Crippen LogP contribution in [0.3, 0.4) is 0 Å². The van der Waals surface area contributed by atoms with Crippen LogP contribution in [-0.4, -0.2) is 95.2 Å². The first-order valence-corrected chi connectivity index (χ1v) is 16.3. The highest BCUT2D eigenvalue weighted by atomic mass is 16.5. The molecule has 6 rings (SSSR count). The van der Waals surface area contributed by atoms with Crippen molar-refractivity contribution in [1.29, 1.82) is 0 Å². The molecule has 2 aromatic heterocycles. The van der Waals surface area contributed by atoms with E-state index in [1.807, 2.05) is 12.1 Å². The molecule has 0 bridgehead atoms. The van der Waals surface area contributed by atoms with Crippen LogP contribution in [0.15, 0.2) is 55.5 Å². The number of hydrogen-bond acceptors (Lipinski definition) is 11. The van der Waals surface area contributed by atoms with E-state index in [0.717, 1.165) is 52.4 Å². The molecule has 46 heavy (non-hydrogen) atoms. The number of likely N-dealkylation sites (N-methyl/N-ethyl adjacent to an activating group) is 1. The Morgan fingerprint density at radius 3 is 2.46 bits per heavy atom. The Labute approximate surface area is 272 Å². The van der Waals surface area contributed by atoms with E-state index in [0.29, 0.717) is 30.4 Å². The second-order valence-corrected chi connectivity index (χ2v) is 12.4. The summed E-state index contributed by atoms with van der Waals surface area (Å²) in [5, 5.41) is 10.4. The standard InChI is InChI=1S/C35H46N10O/c1-6-25-22-39-35(42-34(25)40-29-9-10-31-33(37-14-13-36-31)28(29)23-38-24(2)3)41-30-8-7-27(21-32(30)46-5)44-15-11-26(12-16-44)45-19-17-43(4)18-20-45/h6-10,13-14,21-22,24,26,38H,1,11-12,15-20,23H2,2-5H3,(H2,39,40,41,42). The van der Waals surface area contributed by atoms with Crippen molar-refractivity contribution >= 4 is 45.9 Å². The number of nitrogens with one attached hydrogen (secondary N) is 3. The van der Waals surface area contributed by atoms with Crippen LogP contribution in [0.5, 0.6) is 5.75 Å². The Morgan fingerprint density at radius 2 is 1.72 bits per heavy atom. The average Bonchev–Trinajstić information content (AvgIpc) is 3.08. The predicted molar refractivity (Wildman–Crippen MR) is 188 cm³/mol. The molecule has 4 aromatic rings. The van der Waals surface area contributed by atoms with Gasteiger partial charge in [0.2, 0.25) is 5.95 Å². The molecule has 0 aliphatic carbocycles. The maximum atomic E-state index is 5.84. The van der Waals surface area contributed by atoms with E-state index in [9.17, 15) is 0 Å². The van der Waals surface area contributed by atoms with Crippen molar-refractivity contribution in [2.75, 3.05) is 69.0 Å². The molecule has 2 aliphatic heterocycles. The number of piperazine rings is 1. The van der Waals surface area contributed by atoms with Gasteiger partial charge in [0.05, 0.1) is 23.8 Å². The van der Waals surface area contributed by atoms with Crippen molar-refractivity contribution in [2.45, 2.75) is 45.3 Å². The lowest BCUT2D eigenvalue weighted by atomic mass is 10.0. The molecule has 11 heteroatoms. The average molecular weight is 623 g/mol. The van der Waals surface area contributed by atoms with Crippen LogP contribution >= 0.6 is 0 Å². The molecule has 0 amide bonds. The molecule has 11 nitrogen and oxygen atoms in total. The Hall–Kier alpha value is -4.32. The molecule has 2 saturated heterocycles. The minimum Gasteiger partial charge on any atom is -0.494 e. The van der Waals surface area contributed by atoms with Gasteiger partial charge in [-0.15, -0.1) is 0 Å². The van der Waals surface area contributed by atoms with Gasteiger partial charge in [0.15, 0.2) is 0 Å². The number of ether oxygens (including phenoxy) is 1. The summed E-state index contributed by atoms with van der Waals surface area (Å²) in [5.74, 6) is 1.84. The second kappa shape index (κ2) is 14.4. The predicted octanol–water partition coefficient (Wildman–Crippen LogP) is 5.27. The van der Waals surface area contributed by atoms with Crippen LogP contribution in [0, 0.1) is 0 Å². The Morgan fingerprint density at radius 1 is 0.957 bits per heavy atom. The van der Waals surface area contributed by atoms with Crippen LogP contribution in [-0.2, 0) is 6.54 Å². The van der Waals surface area contributed by atoms with E-state index in [-0.39, 0.29) is 0 Å². The third kappa shape index (κ3) is 7.22. The Kier molecular flexibility index (Phi) is 9.91. The van der Waals surface area contributed by atoms with Gasteiger partial charge in [-0.25, -0.2) is 4.98 Å².